The first-order valence-corrected chi connectivity index (χ1v) is 17.6. The van der Waals surface area contributed by atoms with Crippen LogP contribution in [-0.4, -0.2) is 59.9 Å². The molecule has 2 N–H and O–H groups in total. The highest BCUT2D eigenvalue weighted by Crippen LogP contribution is 2.15. The zero-order valence-electron chi connectivity index (χ0n) is 8.29. The van der Waals surface area contributed by atoms with Crippen LogP contribution >= 0.6 is 0 Å². The second kappa shape index (κ2) is 5.47. The van der Waals surface area contributed by atoms with E-state index in [-0.39, 0.29) is 18.4 Å². The van der Waals surface area contributed by atoms with Crippen LogP contribution < -0.4 is 5.84 Å². The van der Waals surface area contributed by atoms with E-state index in [1.807, 2.05) is 0 Å². The van der Waals surface area contributed by atoms with E-state index in [0.717, 1.165) is 6.54 Å². The lowest BCUT2D eigenvalue weighted by Gasteiger charge is -2.39. The highest BCUT2D eigenvalue weighted by Gasteiger charge is 2.22. The van der Waals surface area contributed by atoms with Crippen molar-refractivity contribution in [2.24, 2.45) is 5.84 Å². The molecule has 1 atom stereocenters. The molecule has 0 bridgehead atoms. The summed E-state index contributed by atoms with van der Waals surface area (Å²) in [6.07, 6.45) is 4.75. The van der Waals surface area contributed by atoms with E-state index >= 15 is 0 Å². The maximum absolute atomic E-state index is 6.00. The van der Waals surface area contributed by atoms with Gasteiger partial charge in [-0.2, -0.15) is 0 Å². The standard InChI is InChI=1S/C5H21N3Si4/c6-7-4-2-1-3-5(7)8(11-9)12-10/h5H,1-4,6,11-12H2,9-10H3. The largest absolute Gasteiger partial charge is 0.345 e. The third-order valence-electron chi connectivity index (χ3n) is 2.75. The Kier molecular flexibility index (Phi) is 4.94. The summed E-state index contributed by atoms with van der Waals surface area (Å²) in [6.45, 7) is 1.13. The lowest BCUT2D eigenvalue weighted by molar-refractivity contribution is 0.101. The molecule has 1 fully saturated rings. The predicted octanol–water partition coefficient (Wildman–Crippen LogP) is -4.30. The predicted molar refractivity (Wildman–Crippen MR) is 67.3 cm³/mol. The first-order chi connectivity index (χ1) is 5.79. The molecule has 7 heteroatoms. The van der Waals surface area contributed by atoms with Crippen molar-refractivity contribution in [3.8, 4) is 0 Å². The molecule has 1 saturated heterocycles. The van der Waals surface area contributed by atoms with Gasteiger partial charge < -0.3 is 4.23 Å². The van der Waals surface area contributed by atoms with Crippen molar-refractivity contribution in [2.45, 2.75) is 25.4 Å². The number of hydrogen-bond donors (Lipinski definition) is 1. The van der Waals surface area contributed by atoms with E-state index in [4.69, 9.17) is 5.84 Å². The minimum Gasteiger partial charge on any atom is -0.345 e. The zero-order chi connectivity index (χ0) is 8.97. The third-order valence-corrected chi connectivity index (χ3v) is 18.1. The van der Waals surface area contributed by atoms with Gasteiger partial charge in [0.25, 0.3) is 0 Å². The third kappa shape index (κ3) is 2.62. The van der Waals surface area contributed by atoms with E-state index in [2.05, 4.69) is 9.24 Å². The van der Waals surface area contributed by atoms with Gasteiger partial charge in [-0.3, -0.25) is 5.84 Å². The van der Waals surface area contributed by atoms with Crippen LogP contribution in [0.5, 0.6) is 0 Å². The average molecular weight is 236 g/mol. The highest BCUT2D eigenvalue weighted by molar-refractivity contribution is 6.98. The minimum absolute atomic E-state index is 0.198. The van der Waals surface area contributed by atoms with Crippen LogP contribution in [0.4, 0.5) is 0 Å². The Morgan fingerprint density at radius 1 is 1.33 bits per heavy atom. The first kappa shape index (κ1) is 10.8. The van der Waals surface area contributed by atoms with Gasteiger partial charge in [0.1, 0.15) is 0 Å². The van der Waals surface area contributed by atoms with Gasteiger partial charge in [-0.25, -0.2) is 5.01 Å². The minimum atomic E-state index is 0.198. The quantitative estimate of drug-likeness (QED) is 0.397. The molecule has 1 heterocycles. The zero-order valence-corrected chi connectivity index (χ0v) is 15.1. The SMILES string of the molecule is NN1CCCCC1N([SiH2][SiH3])[SiH2][SiH3]. The Morgan fingerprint density at radius 2 is 2.00 bits per heavy atom. The van der Waals surface area contributed by atoms with Gasteiger partial charge in [-0.15, -0.1) is 0 Å². The van der Waals surface area contributed by atoms with Crippen LogP contribution in [0, 0.1) is 0 Å². The van der Waals surface area contributed by atoms with Crippen LogP contribution in [-0.2, 0) is 0 Å². The molecule has 1 aliphatic heterocycles. The Balaban J connectivity index is 2.45. The molecule has 0 aromatic carbocycles. The lowest BCUT2D eigenvalue weighted by atomic mass is 10.1. The Bertz CT molecular complexity index is 132. The Labute approximate surface area is 85.3 Å². The topological polar surface area (TPSA) is 32.5 Å². The molecule has 1 aliphatic rings. The molecule has 0 aromatic heterocycles. The second-order valence-electron chi connectivity index (χ2n) is 3.44. The van der Waals surface area contributed by atoms with Crippen molar-refractivity contribution in [1.82, 2.24) is 9.24 Å². The number of nitrogens with two attached hydrogens (primary N) is 1. The number of piperidine rings is 1. The van der Waals surface area contributed by atoms with Crippen molar-refractivity contribution >= 4 is 37.9 Å². The Morgan fingerprint density at radius 3 is 2.50 bits per heavy atom. The van der Waals surface area contributed by atoms with Gasteiger partial charge in [0, 0.05) is 26.1 Å². The van der Waals surface area contributed by atoms with Crippen LogP contribution in [0.25, 0.3) is 0 Å². The molecule has 0 saturated carbocycles. The lowest BCUT2D eigenvalue weighted by Crippen LogP contribution is -2.56. The van der Waals surface area contributed by atoms with Crippen molar-refractivity contribution in [3.63, 3.8) is 0 Å². The summed E-state index contributed by atoms with van der Waals surface area (Å²) in [4.78, 5) is 0. The van der Waals surface area contributed by atoms with Crippen molar-refractivity contribution in [1.29, 1.82) is 0 Å². The highest BCUT2D eigenvalue weighted by atomic mass is 29.2. The number of rotatable bonds is 3. The summed E-state index contributed by atoms with van der Waals surface area (Å²) in [7, 11) is 3.29. The molecular formula is C5H21N3Si4. The summed E-state index contributed by atoms with van der Waals surface area (Å²) in [5.41, 5.74) is 0. The van der Waals surface area contributed by atoms with E-state index in [0.29, 0.717) is 6.17 Å². The summed E-state index contributed by atoms with van der Waals surface area (Å²) in [6, 6.07) is 0. The van der Waals surface area contributed by atoms with E-state index in [9.17, 15) is 0 Å². The number of nitrogens with zero attached hydrogens (tertiary/aromatic N) is 2. The monoisotopic (exact) mass is 235 g/mol. The van der Waals surface area contributed by atoms with Crippen LogP contribution in [0.3, 0.4) is 0 Å². The van der Waals surface area contributed by atoms with Gasteiger partial charge in [0.15, 0.2) is 0 Å². The van der Waals surface area contributed by atoms with Crippen molar-refractivity contribution < 1.29 is 0 Å². The Hall–Kier alpha value is 0.748. The second-order valence-corrected chi connectivity index (χ2v) is 11.0. The molecule has 0 spiro atoms. The number of hydrazine groups is 1. The maximum Gasteiger partial charge on any atom is 0.0688 e. The van der Waals surface area contributed by atoms with Gasteiger partial charge in [-0.05, 0) is 19.3 Å². The fraction of sp³-hybridized carbons (Fsp3) is 1.00. The fourth-order valence-corrected chi connectivity index (χ4v) is 24.0. The molecule has 72 valence electrons. The molecule has 0 radical (unpaired) electrons. The summed E-state index contributed by atoms with van der Waals surface area (Å²) >= 11 is 0. The summed E-state index contributed by atoms with van der Waals surface area (Å²) in [5, 5.41) is 2.11. The van der Waals surface area contributed by atoms with Crippen LogP contribution in [0.1, 0.15) is 19.3 Å². The van der Waals surface area contributed by atoms with Crippen molar-refractivity contribution in [3.05, 3.63) is 0 Å². The summed E-state index contributed by atoms with van der Waals surface area (Å²) < 4.78 is 2.83. The molecule has 0 aliphatic carbocycles. The van der Waals surface area contributed by atoms with Crippen molar-refractivity contribution in [2.75, 3.05) is 6.54 Å². The van der Waals surface area contributed by atoms with Gasteiger partial charge in [-0.1, -0.05) is 0 Å². The van der Waals surface area contributed by atoms with Crippen LogP contribution in [0.15, 0.2) is 0 Å². The molecule has 0 amide bonds. The smallest absolute Gasteiger partial charge is 0.0688 e. The van der Waals surface area contributed by atoms with E-state index in [1.54, 1.807) is 0 Å². The van der Waals surface area contributed by atoms with Gasteiger partial charge in [0.2, 0.25) is 0 Å². The molecule has 3 nitrogen and oxygen atoms in total. The molecule has 1 unspecified atom stereocenters. The first-order valence-electron chi connectivity index (χ1n) is 5.05. The fourth-order valence-electron chi connectivity index (χ4n) is 1.97. The van der Waals surface area contributed by atoms with E-state index in [1.165, 1.54) is 38.8 Å². The molecular weight excluding hydrogens is 214 g/mol. The average Bonchev–Trinajstić information content (AvgIpc) is 2.10. The van der Waals surface area contributed by atoms with Gasteiger partial charge in [0.05, 0.1) is 24.6 Å². The maximum atomic E-state index is 6.00. The van der Waals surface area contributed by atoms with Gasteiger partial charge >= 0.3 is 0 Å². The molecule has 12 heavy (non-hydrogen) atoms. The molecule has 0 aromatic rings. The normalized spacial score (nSPS) is 29.0. The summed E-state index contributed by atoms with van der Waals surface area (Å²) in [5.74, 6) is 6.00. The molecule has 1 rings (SSSR count). The number of hydrogen-bond acceptors (Lipinski definition) is 3. The van der Waals surface area contributed by atoms with Crippen LogP contribution in [0.2, 0.25) is 0 Å². The van der Waals surface area contributed by atoms with E-state index < -0.39 is 0 Å².